The van der Waals surface area contributed by atoms with Gasteiger partial charge in [-0.3, -0.25) is 4.79 Å². The van der Waals surface area contributed by atoms with E-state index < -0.39 is 5.97 Å². The Bertz CT molecular complexity index is 504. The van der Waals surface area contributed by atoms with Gasteiger partial charge >= 0.3 is 5.97 Å². The predicted octanol–water partition coefficient (Wildman–Crippen LogP) is 1.26. The van der Waals surface area contributed by atoms with Gasteiger partial charge in [0.1, 0.15) is 5.03 Å². The number of nitrogens with one attached hydrogen (secondary N) is 1. The Morgan fingerprint density at radius 3 is 3.14 bits per heavy atom. The van der Waals surface area contributed by atoms with Crippen LogP contribution in [0, 0.1) is 0 Å². The first-order chi connectivity index (χ1) is 10.2. The van der Waals surface area contributed by atoms with Crippen molar-refractivity contribution < 1.29 is 19.1 Å². The summed E-state index contributed by atoms with van der Waals surface area (Å²) in [4.78, 5) is 27.6. The molecule has 0 radical (unpaired) electrons. The number of hydrogen-bond acceptors (Lipinski definition) is 6. The smallest absolute Gasteiger partial charge is 0.341 e. The maximum Gasteiger partial charge on any atom is 0.341 e. The minimum Gasteiger partial charge on any atom is -0.452 e. The van der Waals surface area contributed by atoms with Crippen molar-refractivity contribution in [3.63, 3.8) is 0 Å². The molecule has 1 atom stereocenters. The van der Waals surface area contributed by atoms with Crippen LogP contribution in [0.3, 0.4) is 0 Å². The third-order valence-corrected chi connectivity index (χ3v) is 3.78. The number of carbonyl (C=O) groups excluding carboxylic acids is 2. The van der Waals surface area contributed by atoms with Crippen LogP contribution in [0.2, 0.25) is 0 Å². The molecule has 0 aliphatic carbocycles. The van der Waals surface area contributed by atoms with Crippen LogP contribution in [0.5, 0.6) is 0 Å². The van der Waals surface area contributed by atoms with Crippen molar-refractivity contribution in [2.24, 2.45) is 0 Å². The van der Waals surface area contributed by atoms with Gasteiger partial charge < -0.3 is 14.8 Å². The van der Waals surface area contributed by atoms with Crippen LogP contribution in [0.25, 0.3) is 0 Å². The molecule has 1 N–H and O–H groups in total. The van der Waals surface area contributed by atoms with E-state index in [0.29, 0.717) is 17.1 Å². The molecule has 114 valence electrons. The Morgan fingerprint density at radius 1 is 1.57 bits per heavy atom. The molecule has 6 nitrogen and oxygen atoms in total. The van der Waals surface area contributed by atoms with Crippen LogP contribution in [-0.2, 0) is 14.3 Å². The summed E-state index contributed by atoms with van der Waals surface area (Å²) < 4.78 is 10.4. The predicted molar refractivity (Wildman–Crippen MR) is 78.3 cm³/mol. The van der Waals surface area contributed by atoms with Crippen molar-refractivity contribution in [2.75, 3.05) is 26.0 Å². The fraction of sp³-hybridized carbons (Fsp3) is 0.500. The second-order valence-electron chi connectivity index (χ2n) is 4.58. The maximum absolute atomic E-state index is 11.9. The molecule has 2 rings (SSSR count). The Kier molecular flexibility index (Phi) is 6.01. The summed E-state index contributed by atoms with van der Waals surface area (Å²) in [5, 5.41) is 3.28. The first-order valence-corrected chi connectivity index (χ1v) is 7.97. The standard InChI is InChI=1S/C14H18N2O4S/c1-21-13-11(5-2-6-15-13)14(18)20-9-12(17)16-8-10-4-3-7-19-10/h2,5-6,10H,3-4,7-9H2,1H3,(H,16,17)/t10-/m0/s1. The second kappa shape index (κ2) is 7.99. The Labute approximate surface area is 127 Å². The monoisotopic (exact) mass is 310 g/mol. The maximum atomic E-state index is 11.9. The molecule has 21 heavy (non-hydrogen) atoms. The summed E-state index contributed by atoms with van der Waals surface area (Å²) in [6.45, 7) is 0.904. The van der Waals surface area contributed by atoms with E-state index in [4.69, 9.17) is 9.47 Å². The first kappa shape index (κ1) is 15.8. The zero-order valence-electron chi connectivity index (χ0n) is 11.8. The van der Waals surface area contributed by atoms with Crippen LogP contribution in [0.4, 0.5) is 0 Å². The van der Waals surface area contributed by atoms with Crippen LogP contribution in [0.15, 0.2) is 23.4 Å². The van der Waals surface area contributed by atoms with Gasteiger partial charge in [0, 0.05) is 19.3 Å². The van der Waals surface area contributed by atoms with Crippen molar-refractivity contribution >= 4 is 23.6 Å². The van der Waals surface area contributed by atoms with E-state index in [0.717, 1.165) is 19.4 Å². The number of hydrogen-bond donors (Lipinski definition) is 1. The number of aromatic nitrogens is 1. The molecule has 1 saturated heterocycles. The number of ether oxygens (including phenoxy) is 2. The van der Waals surface area contributed by atoms with E-state index in [1.165, 1.54) is 11.8 Å². The number of carbonyl (C=O) groups is 2. The van der Waals surface area contributed by atoms with E-state index in [-0.39, 0.29) is 18.6 Å². The number of pyridine rings is 1. The SMILES string of the molecule is CSc1ncccc1C(=O)OCC(=O)NC[C@@H]1CCCO1. The minimum atomic E-state index is -0.542. The highest BCUT2D eigenvalue weighted by Crippen LogP contribution is 2.17. The summed E-state index contributed by atoms with van der Waals surface area (Å²) in [7, 11) is 0. The summed E-state index contributed by atoms with van der Waals surface area (Å²) in [6, 6.07) is 3.29. The molecule has 1 aromatic heterocycles. The Hall–Kier alpha value is -1.60. The second-order valence-corrected chi connectivity index (χ2v) is 5.37. The van der Waals surface area contributed by atoms with Crippen LogP contribution >= 0.6 is 11.8 Å². The fourth-order valence-corrected chi connectivity index (χ4v) is 2.54. The average Bonchev–Trinajstić information content (AvgIpc) is 3.04. The van der Waals surface area contributed by atoms with Crippen LogP contribution in [0.1, 0.15) is 23.2 Å². The summed E-state index contributed by atoms with van der Waals surface area (Å²) in [5.74, 6) is -0.867. The number of esters is 1. The molecule has 2 heterocycles. The van der Waals surface area contributed by atoms with Gasteiger partial charge in [-0.1, -0.05) is 0 Å². The summed E-state index contributed by atoms with van der Waals surface area (Å²) >= 11 is 1.36. The van der Waals surface area contributed by atoms with Crippen LogP contribution in [-0.4, -0.2) is 49.0 Å². The van der Waals surface area contributed by atoms with Crippen molar-refractivity contribution in [1.29, 1.82) is 0 Å². The number of thioether (sulfide) groups is 1. The van der Waals surface area contributed by atoms with Crippen LogP contribution < -0.4 is 5.32 Å². The number of nitrogens with zero attached hydrogens (tertiary/aromatic N) is 1. The van der Waals surface area contributed by atoms with E-state index in [1.54, 1.807) is 18.3 Å². The van der Waals surface area contributed by atoms with Gasteiger partial charge in [0.05, 0.1) is 11.7 Å². The normalized spacial score (nSPS) is 17.5. The number of amides is 1. The molecular formula is C14H18N2O4S. The molecule has 1 amide bonds. The third-order valence-electron chi connectivity index (χ3n) is 3.07. The largest absolute Gasteiger partial charge is 0.452 e. The summed E-state index contributed by atoms with van der Waals surface area (Å²) in [6.07, 6.45) is 5.48. The van der Waals surface area contributed by atoms with Gasteiger partial charge in [-0.25, -0.2) is 9.78 Å². The average molecular weight is 310 g/mol. The minimum absolute atomic E-state index is 0.0751. The zero-order chi connectivity index (χ0) is 15.1. The lowest BCUT2D eigenvalue weighted by atomic mass is 10.2. The lowest BCUT2D eigenvalue weighted by Crippen LogP contribution is -2.34. The van der Waals surface area contributed by atoms with Crippen molar-refractivity contribution in [1.82, 2.24) is 10.3 Å². The van der Waals surface area contributed by atoms with E-state index in [9.17, 15) is 9.59 Å². The van der Waals surface area contributed by atoms with E-state index >= 15 is 0 Å². The quantitative estimate of drug-likeness (QED) is 0.629. The van der Waals surface area contributed by atoms with Gasteiger partial charge in [-0.05, 0) is 31.2 Å². The third kappa shape index (κ3) is 4.71. The molecule has 0 unspecified atom stereocenters. The van der Waals surface area contributed by atoms with E-state index in [2.05, 4.69) is 10.3 Å². The fourth-order valence-electron chi connectivity index (χ4n) is 2.00. The highest BCUT2D eigenvalue weighted by atomic mass is 32.2. The van der Waals surface area contributed by atoms with Gasteiger partial charge in [0.25, 0.3) is 5.91 Å². The molecule has 0 aromatic carbocycles. The highest BCUT2D eigenvalue weighted by molar-refractivity contribution is 7.98. The molecule has 1 aliphatic rings. The van der Waals surface area contributed by atoms with E-state index in [1.807, 2.05) is 6.26 Å². The molecular weight excluding hydrogens is 292 g/mol. The van der Waals surface area contributed by atoms with Gasteiger partial charge in [0.2, 0.25) is 0 Å². The lowest BCUT2D eigenvalue weighted by Gasteiger charge is -2.11. The molecule has 0 saturated carbocycles. The van der Waals surface area contributed by atoms with Gasteiger partial charge in [-0.15, -0.1) is 11.8 Å². The summed E-state index contributed by atoms with van der Waals surface area (Å²) in [5.41, 5.74) is 0.372. The lowest BCUT2D eigenvalue weighted by molar-refractivity contribution is -0.124. The topological polar surface area (TPSA) is 77.5 Å². The number of rotatable bonds is 6. The Morgan fingerprint density at radius 2 is 2.43 bits per heavy atom. The van der Waals surface area contributed by atoms with Gasteiger partial charge in [-0.2, -0.15) is 0 Å². The molecule has 1 aromatic rings. The Balaban J connectivity index is 1.76. The molecule has 0 bridgehead atoms. The van der Waals surface area contributed by atoms with Crippen molar-refractivity contribution in [3.05, 3.63) is 23.9 Å². The molecule has 1 fully saturated rings. The molecule has 1 aliphatic heterocycles. The molecule has 0 spiro atoms. The zero-order valence-corrected chi connectivity index (χ0v) is 12.6. The highest BCUT2D eigenvalue weighted by Gasteiger charge is 2.18. The first-order valence-electron chi connectivity index (χ1n) is 6.75. The molecule has 7 heteroatoms. The van der Waals surface area contributed by atoms with Crippen molar-refractivity contribution in [2.45, 2.75) is 24.0 Å². The van der Waals surface area contributed by atoms with Crippen molar-refractivity contribution in [3.8, 4) is 0 Å². The van der Waals surface area contributed by atoms with Gasteiger partial charge in [0.15, 0.2) is 6.61 Å².